The van der Waals surface area contributed by atoms with Crippen molar-refractivity contribution in [3.05, 3.63) is 89.2 Å². The predicted octanol–water partition coefficient (Wildman–Crippen LogP) is 5.89. The Bertz CT molecular complexity index is 1310. The minimum Gasteiger partial charge on any atom is -0.467 e. The number of thioether (sulfide) groups is 1. The Morgan fingerprint density at radius 1 is 0.969 bits per heavy atom. The second-order valence-electron chi connectivity index (χ2n) is 7.15. The van der Waals surface area contributed by atoms with Gasteiger partial charge in [0, 0.05) is 16.1 Å². The first kappa shape index (κ1) is 20.5. The number of aryl methyl sites for hydroxylation is 1. The molecule has 0 saturated heterocycles. The molecule has 0 aliphatic heterocycles. The molecule has 0 spiro atoms. The summed E-state index contributed by atoms with van der Waals surface area (Å²) in [5.74, 6) is 3.09. The van der Waals surface area contributed by atoms with E-state index in [4.69, 9.17) is 20.5 Å². The van der Waals surface area contributed by atoms with Crippen LogP contribution in [0.1, 0.15) is 17.2 Å². The lowest BCUT2D eigenvalue weighted by atomic mass is 10.1. The van der Waals surface area contributed by atoms with E-state index in [2.05, 4.69) is 20.3 Å². The Morgan fingerprint density at radius 3 is 2.50 bits per heavy atom. The van der Waals surface area contributed by atoms with Crippen molar-refractivity contribution < 1.29 is 8.94 Å². The molecule has 5 aromatic rings. The summed E-state index contributed by atoms with van der Waals surface area (Å²) >= 11 is 7.52. The maximum Gasteiger partial charge on any atom is 0.237 e. The van der Waals surface area contributed by atoms with Crippen LogP contribution in [0.25, 0.3) is 22.8 Å². The summed E-state index contributed by atoms with van der Waals surface area (Å²) in [6.45, 7) is 2.54. The number of nitrogens with zero attached hydrogens (tertiary/aromatic N) is 5. The van der Waals surface area contributed by atoms with Gasteiger partial charge in [-0.25, -0.2) is 0 Å². The van der Waals surface area contributed by atoms with E-state index in [1.165, 1.54) is 17.3 Å². The fourth-order valence-electron chi connectivity index (χ4n) is 3.17. The molecule has 5 rings (SSSR count). The fraction of sp³-hybridized carbons (Fsp3) is 0.130. The van der Waals surface area contributed by atoms with Crippen LogP contribution in [0.3, 0.4) is 0 Å². The van der Waals surface area contributed by atoms with Crippen molar-refractivity contribution in [1.29, 1.82) is 0 Å². The van der Waals surface area contributed by atoms with E-state index >= 15 is 0 Å². The Morgan fingerprint density at radius 2 is 1.75 bits per heavy atom. The van der Waals surface area contributed by atoms with Gasteiger partial charge in [0.25, 0.3) is 0 Å². The molecule has 0 saturated carbocycles. The van der Waals surface area contributed by atoms with Crippen molar-refractivity contribution in [1.82, 2.24) is 24.9 Å². The third-order valence-electron chi connectivity index (χ3n) is 4.82. The molecule has 2 aromatic carbocycles. The van der Waals surface area contributed by atoms with Crippen LogP contribution in [0.5, 0.6) is 0 Å². The van der Waals surface area contributed by atoms with Gasteiger partial charge in [-0.1, -0.05) is 58.3 Å². The standard InChI is InChI=1S/C23H18ClN5O2S/c1-15-4-6-16(7-5-15)21-25-20(31-28-21)14-32-23-27-26-22(17-8-10-18(24)11-9-17)29(23)13-19-3-2-12-30-19/h2-12H,13-14H2,1H3. The van der Waals surface area contributed by atoms with E-state index in [-0.39, 0.29) is 0 Å². The van der Waals surface area contributed by atoms with Gasteiger partial charge in [-0.05, 0) is 43.3 Å². The van der Waals surface area contributed by atoms with E-state index in [1.807, 2.05) is 72.2 Å². The van der Waals surface area contributed by atoms with Gasteiger partial charge in [-0.3, -0.25) is 4.57 Å². The number of hydrogen-bond donors (Lipinski definition) is 0. The molecule has 0 fully saturated rings. The van der Waals surface area contributed by atoms with E-state index in [1.54, 1.807) is 6.26 Å². The number of furan rings is 1. The maximum atomic E-state index is 6.05. The highest BCUT2D eigenvalue weighted by molar-refractivity contribution is 7.98. The molecule has 0 aliphatic carbocycles. The zero-order valence-electron chi connectivity index (χ0n) is 17.1. The molecular formula is C23H18ClN5O2S. The molecule has 9 heteroatoms. The van der Waals surface area contributed by atoms with Crippen molar-refractivity contribution >= 4 is 23.4 Å². The van der Waals surface area contributed by atoms with Crippen molar-refractivity contribution in [2.75, 3.05) is 0 Å². The molecule has 32 heavy (non-hydrogen) atoms. The van der Waals surface area contributed by atoms with E-state index in [9.17, 15) is 0 Å². The van der Waals surface area contributed by atoms with E-state index in [0.29, 0.717) is 29.0 Å². The average molecular weight is 464 g/mol. The van der Waals surface area contributed by atoms with Crippen molar-refractivity contribution in [3.8, 4) is 22.8 Å². The number of rotatable bonds is 7. The van der Waals surface area contributed by atoms with Crippen LogP contribution in [0.2, 0.25) is 5.02 Å². The summed E-state index contributed by atoms with van der Waals surface area (Å²) in [7, 11) is 0. The zero-order chi connectivity index (χ0) is 21.9. The second kappa shape index (κ2) is 9.02. The van der Waals surface area contributed by atoms with Gasteiger partial charge in [0.1, 0.15) is 5.76 Å². The van der Waals surface area contributed by atoms with Crippen LogP contribution in [0.15, 0.2) is 81.0 Å². The Hall–Kier alpha value is -3.36. The lowest BCUT2D eigenvalue weighted by Crippen LogP contribution is -2.03. The molecule has 0 unspecified atom stereocenters. The summed E-state index contributed by atoms with van der Waals surface area (Å²) in [6.07, 6.45) is 1.65. The van der Waals surface area contributed by atoms with Crippen LogP contribution in [0, 0.1) is 6.92 Å². The van der Waals surface area contributed by atoms with Crippen LogP contribution in [-0.4, -0.2) is 24.9 Å². The SMILES string of the molecule is Cc1ccc(-c2noc(CSc3nnc(-c4ccc(Cl)cc4)n3Cc3ccco3)n2)cc1. The molecule has 0 atom stereocenters. The van der Waals surface area contributed by atoms with E-state index in [0.717, 1.165) is 27.9 Å². The largest absolute Gasteiger partial charge is 0.467 e. The normalized spacial score (nSPS) is 11.2. The minimum absolute atomic E-state index is 0.468. The summed E-state index contributed by atoms with van der Waals surface area (Å²) in [4.78, 5) is 4.52. The van der Waals surface area contributed by atoms with Crippen LogP contribution < -0.4 is 0 Å². The highest BCUT2D eigenvalue weighted by Crippen LogP contribution is 2.28. The van der Waals surface area contributed by atoms with Gasteiger partial charge in [0.15, 0.2) is 11.0 Å². The summed E-state index contributed by atoms with van der Waals surface area (Å²) < 4.78 is 13.0. The molecule has 0 N–H and O–H groups in total. The maximum absolute atomic E-state index is 6.05. The molecular weight excluding hydrogens is 446 g/mol. The van der Waals surface area contributed by atoms with Crippen molar-refractivity contribution in [2.45, 2.75) is 24.4 Å². The van der Waals surface area contributed by atoms with Crippen molar-refractivity contribution in [3.63, 3.8) is 0 Å². The number of aromatic nitrogens is 5. The first-order valence-electron chi connectivity index (χ1n) is 9.89. The first-order valence-corrected chi connectivity index (χ1v) is 11.3. The van der Waals surface area contributed by atoms with Gasteiger partial charge in [0.2, 0.25) is 11.7 Å². The molecule has 3 heterocycles. The highest BCUT2D eigenvalue weighted by Gasteiger charge is 2.17. The number of halogens is 1. The molecule has 7 nitrogen and oxygen atoms in total. The molecule has 0 radical (unpaired) electrons. The van der Waals surface area contributed by atoms with Crippen LogP contribution in [-0.2, 0) is 12.3 Å². The Kier molecular flexibility index (Phi) is 5.79. The van der Waals surface area contributed by atoms with Gasteiger partial charge in [-0.15, -0.1) is 10.2 Å². The molecule has 0 aliphatic rings. The lowest BCUT2D eigenvalue weighted by Gasteiger charge is -2.08. The summed E-state index contributed by atoms with van der Waals surface area (Å²) in [6, 6.07) is 19.3. The van der Waals surface area contributed by atoms with Gasteiger partial charge in [-0.2, -0.15) is 4.98 Å². The predicted molar refractivity (Wildman–Crippen MR) is 122 cm³/mol. The molecule has 3 aromatic heterocycles. The van der Waals surface area contributed by atoms with E-state index < -0.39 is 0 Å². The quantitative estimate of drug-likeness (QED) is 0.278. The van der Waals surface area contributed by atoms with Gasteiger partial charge in [0.05, 0.1) is 18.6 Å². The zero-order valence-corrected chi connectivity index (χ0v) is 18.7. The first-order chi connectivity index (χ1) is 15.7. The second-order valence-corrected chi connectivity index (χ2v) is 8.52. The monoisotopic (exact) mass is 463 g/mol. The van der Waals surface area contributed by atoms with Crippen LogP contribution in [0.4, 0.5) is 0 Å². The average Bonchev–Trinajstić information content (AvgIpc) is 3.56. The lowest BCUT2D eigenvalue weighted by molar-refractivity contribution is 0.391. The Labute approximate surface area is 193 Å². The minimum atomic E-state index is 0.468. The topological polar surface area (TPSA) is 82.8 Å². The summed E-state index contributed by atoms with van der Waals surface area (Å²) in [5.41, 5.74) is 3.02. The van der Waals surface area contributed by atoms with Crippen LogP contribution >= 0.6 is 23.4 Å². The van der Waals surface area contributed by atoms with Crippen molar-refractivity contribution in [2.24, 2.45) is 0 Å². The molecule has 0 bridgehead atoms. The van der Waals surface area contributed by atoms with Gasteiger partial charge < -0.3 is 8.94 Å². The number of hydrogen-bond acceptors (Lipinski definition) is 7. The molecule has 160 valence electrons. The number of benzene rings is 2. The third-order valence-corrected chi connectivity index (χ3v) is 6.02. The highest BCUT2D eigenvalue weighted by atomic mass is 35.5. The Balaban J connectivity index is 1.38. The third kappa shape index (κ3) is 4.46. The molecule has 0 amide bonds. The fourth-order valence-corrected chi connectivity index (χ4v) is 4.07. The smallest absolute Gasteiger partial charge is 0.237 e. The van der Waals surface area contributed by atoms with Gasteiger partial charge >= 0.3 is 0 Å². The summed E-state index contributed by atoms with van der Waals surface area (Å²) in [5, 5.41) is 14.3.